The third-order valence-electron chi connectivity index (χ3n) is 3.32. The summed E-state index contributed by atoms with van der Waals surface area (Å²) in [5.41, 5.74) is 0.312. The number of hydrogen-bond donors (Lipinski definition) is 1. The molecule has 0 aromatic heterocycles. The van der Waals surface area contributed by atoms with Crippen LogP contribution in [-0.2, 0) is 16.6 Å². The van der Waals surface area contributed by atoms with Gasteiger partial charge >= 0.3 is 0 Å². The molecule has 0 heterocycles. The van der Waals surface area contributed by atoms with Crippen LogP contribution in [0, 0.1) is 18.3 Å². The Labute approximate surface area is 134 Å². The smallest absolute Gasteiger partial charge is 0.245 e. The largest absolute Gasteiger partial charge is 0.392 e. The normalized spacial score (nSPS) is 15.2. The fourth-order valence-electron chi connectivity index (χ4n) is 1.97. The van der Waals surface area contributed by atoms with Crippen LogP contribution in [0.5, 0.6) is 0 Å². The molecule has 4 nitrogen and oxygen atoms in total. The average molecular weight is 348 g/mol. The lowest BCUT2D eigenvalue weighted by atomic mass is 10.2. The minimum Gasteiger partial charge on any atom is -0.392 e. The van der Waals surface area contributed by atoms with Gasteiger partial charge in [-0.15, -0.1) is 6.42 Å². The van der Waals surface area contributed by atoms with E-state index in [0.717, 1.165) is 12.8 Å². The second-order valence-electron chi connectivity index (χ2n) is 4.98. The summed E-state index contributed by atoms with van der Waals surface area (Å²) in [6.07, 6.45) is 7.28. The highest BCUT2D eigenvalue weighted by Crippen LogP contribution is 2.34. The van der Waals surface area contributed by atoms with Crippen molar-refractivity contribution in [1.82, 2.24) is 4.31 Å². The van der Waals surface area contributed by atoms with Crippen molar-refractivity contribution < 1.29 is 13.5 Å². The summed E-state index contributed by atoms with van der Waals surface area (Å²) in [6.45, 7) is 0.0163. The predicted molar refractivity (Wildman–Crippen MR) is 82.7 cm³/mol. The number of aliphatic hydroxyl groups is 1. The van der Waals surface area contributed by atoms with Crippen molar-refractivity contribution in [1.29, 1.82) is 0 Å². The van der Waals surface area contributed by atoms with E-state index in [0.29, 0.717) is 18.0 Å². The Morgan fingerprint density at radius 1 is 1.33 bits per heavy atom. The maximum atomic E-state index is 12.7. The molecule has 1 aliphatic rings. The van der Waals surface area contributed by atoms with E-state index in [1.165, 1.54) is 16.4 Å². The van der Waals surface area contributed by atoms with E-state index < -0.39 is 10.0 Å². The van der Waals surface area contributed by atoms with E-state index in [9.17, 15) is 13.5 Å². The lowest BCUT2D eigenvalue weighted by Crippen LogP contribution is -2.33. The number of benzene rings is 1. The van der Waals surface area contributed by atoms with Crippen LogP contribution in [0.4, 0.5) is 0 Å². The van der Waals surface area contributed by atoms with Gasteiger partial charge in [0, 0.05) is 11.6 Å². The van der Waals surface area contributed by atoms with E-state index in [1.54, 1.807) is 0 Å². The van der Waals surface area contributed by atoms with Gasteiger partial charge in [0.2, 0.25) is 10.0 Å². The third-order valence-corrected chi connectivity index (χ3v) is 5.94. The Bertz CT molecular complexity index is 678. The number of terminal acetylenes is 1. The molecule has 1 fully saturated rings. The fraction of sp³-hybridized carbons (Fsp3) is 0.429. The van der Waals surface area contributed by atoms with Gasteiger partial charge in [-0.05, 0) is 36.5 Å². The summed E-state index contributed by atoms with van der Waals surface area (Å²) in [7, 11) is -3.81. The van der Waals surface area contributed by atoms with Crippen LogP contribution >= 0.6 is 23.2 Å². The molecular weight excluding hydrogens is 333 g/mol. The van der Waals surface area contributed by atoms with E-state index in [2.05, 4.69) is 5.92 Å². The topological polar surface area (TPSA) is 57.6 Å². The molecule has 0 aliphatic heterocycles. The number of rotatable bonds is 6. The first kappa shape index (κ1) is 16.6. The summed E-state index contributed by atoms with van der Waals surface area (Å²) in [5.74, 6) is 2.72. The van der Waals surface area contributed by atoms with Crippen LogP contribution in [0.15, 0.2) is 17.0 Å². The minimum absolute atomic E-state index is 0.00769. The van der Waals surface area contributed by atoms with Crippen LogP contribution < -0.4 is 0 Å². The van der Waals surface area contributed by atoms with Crippen LogP contribution in [0.2, 0.25) is 10.0 Å². The zero-order valence-electron chi connectivity index (χ0n) is 11.2. The number of hydrogen-bond acceptors (Lipinski definition) is 3. The van der Waals surface area contributed by atoms with Crippen molar-refractivity contribution in [3.8, 4) is 12.3 Å². The van der Waals surface area contributed by atoms with Crippen molar-refractivity contribution in [2.45, 2.75) is 24.3 Å². The summed E-state index contributed by atoms with van der Waals surface area (Å²) in [5, 5.41) is 9.48. The highest BCUT2D eigenvalue weighted by Gasteiger charge is 2.32. The molecule has 114 valence electrons. The summed E-state index contributed by atoms with van der Waals surface area (Å²) in [6, 6.07) is 2.63. The Hall–Kier alpha value is -0.770. The molecule has 7 heteroatoms. The van der Waals surface area contributed by atoms with Crippen molar-refractivity contribution in [2.75, 3.05) is 13.1 Å². The van der Waals surface area contributed by atoms with Gasteiger partial charge < -0.3 is 5.11 Å². The maximum absolute atomic E-state index is 12.7. The number of nitrogens with zero attached hydrogens (tertiary/aromatic N) is 1. The molecule has 0 unspecified atom stereocenters. The highest BCUT2D eigenvalue weighted by molar-refractivity contribution is 7.89. The predicted octanol–water partition coefficient (Wildman–Crippen LogP) is 2.52. The Balaban J connectivity index is 2.43. The quantitative estimate of drug-likeness (QED) is 0.804. The lowest BCUT2D eigenvalue weighted by Gasteiger charge is -2.21. The van der Waals surface area contributed by atoms with Gasteiger partial charge in [-0.1, -0.05) is 29.1 Å². The molecule has 1 aliphatic carbocycles. The third kappa shape index (κ3) is 3.71. The fourth-order valence-corrected chi connectivity index (χ4v) is 4.23. The van der Waals surface area contributed by atoms with E-state index in [4.69, 9.17) is 29.6 Å². The molecule has 1 saturated carbocycles. The van der Waals surface area contributed by atoms with E-state index >= 15 is 0 Å². The maximum Gasteiger partial charge on any atom is 0.245 e. The molecule has 21 heavy (non-hydrogen) atoms. The molecule has 0 atom stereocenters. The van der Waals surface area contributed by atoms with Crippen LogP contribution in [0.1, 0.15) is 18.4 Å². The molecule has 0 radical (unpaired) electrons. The molecule has 0 amide bonds. The Morgan fingerprint density at radius 3 is 2.52 bits per heavy atom. The zero-order chi connectivity index (χ0) is 15.6. The Kier molecular flexibility index (Phi) is 5.18. The van der Waals surface area contributed by atoms with E-state index in [1.807, 2.05) is 0 Å². The van der Waals surface area contributed by atoms with Crippen LogP contribution in [0.3, 0.4) is 0 Å². The van der Waals surface area contributed by atoms with E-state index in [-0.39, 0.29) is 28.1 Å². The average Bonchev–Trinajstić information content (AvgIpc) is 3.22. The molecule has 0 spiro atoms. The van der Waals surface area contributed by atoms with Gasteiger partial charge in [-0.3, -0.25) is 0 Å². The molecule has 1 aromatic carbocycles. The first-order chi connectivity index (χ1) is 9.90. The van der Waals surface area contributed by atoms with Crippen LogP contribution in [0.25, 0.3) is 0 Å². The lowest BCUT2D eigenvalue weighted by molar-refractivity contribution is 0.281. The van der Waals surface area contributed by atoms with Gasteiger partial charge in [-0.2, -0.15) is 4.31 Å². The van der Waals surface area contributed by atoms with Gasteiger partial charge in [0.05, 0.1) is 18.2 Å². The number of aliphatic hydroxyl groups excluding tert-OH is 1. The molecule has 1 aromatic rings. The van der Waals surface area contributed by atoms with Gasteiger partial charge in [0.1, 0.15) is 4.90 Å². The molecule has 1 N–H and O–H groups in total. The molecular formula is C14H15Cl2NO3S. The van der Waals surface area contributed by atoms with Crippen molar-refractivity contribution in [3.05, 3.63) is 27.7 Å². The zero-order valence-corrected chi connectivity index (χ0v) is 13.5. The SMILES string of the molecule is C#CCN(CC1CC1)S(=O)(=O)c1cc(CO)c(Cl)cc1Cl. The van der Waals surface area contributed by atoms with Gasteiger partial charge in [0.25, 0.3) is 0 Å². The molecule has 2 rings (SSSR count). The van der Waals surface area contributed by atoms with Crippen molar-refractivity contribution >= 4 is 33.2 Å². The summed E-state index contributed by atoms with van der Waals surface area (Å²) < 4.78 is 26.7. The first-order valence-corrected chi connectivity index (χ1v) is 8.62. The standard InChI is InChI=1S/C14H15Cl2NO3S/c1-2-5-17(8-10-3-4-10)21(19,20)14-6-11(9-18)12(15)7-13(14)16/h1,6-7,10,18H,3-5,8-9H2. The number of halogens is 2. The Morgan fingerprint density at radius 2 is 2.00 bits per heavy atom. The monoisotopic (exact) mass is 347 g/mol. The van der Waals surface area contributed by atoms with Crippen molar-refractivity contribution in [3.63, 3.8) is 0 Å². The molecule has 0 bridgehead atoms. The summed E-state index contributed by atoms with van der Waals surface area (Å²) >= 11 is 11.9. The highest BCUT2D eigenvalue weighted by atomic mass is 35.5. The minimum atomic E-state index is -3.81. The molecule has 0 saturated heterocycles. The second-order valence-corrected chi connectivity index (χ2v) is 7.70. The summed E-state index contributed by atoms with van der Waals surface area (Å²) in [4.78, 5) is -0.0754. The second kappa shape index (κ2) is 6.55. The van der Waals surface area contributed by atoms with Crippen molar-refractivity contribution in [2.24, 2.45) is 5.92 Å². The van der Waals surface area contributed by atoms with Crippen LogP contribution in [-0.4, -0.2) is 30.9 Å². The number of sulfonamides is 1. The van der Waals surface area contributed by atoms with Gasteiger partial charge in [0.15, 0.2) is 0 Å². The van der Waals surface area contributed by atoms with Gasteiger partial charge in [-0.25, -0.2) is 8.42 Å². The first-order valence-electron chi connectivity index (χ1n) is 6.42.